The minimum Gasteiger partial charge on any atom is -0.493 e. The largest absolute Gasteiger partial charge is 0.493 e. The van der Waals surface area contributed by atoms with E-state index in [9.17, 15) is 23.1 Å². The zero-order valence-electron chi connectivity index (χ0n) is 21.5. The molecular formula is C24H32N6O6S. The number of nitrogens with zero attached hydrogens (tertiary/aromatic N) is 6. The second kappa shape index (κ2) is 10.6. The van der Waals surface area contributed by atoms with Crippen LogP contribution < -0.4 is 10.3 Å². The van der Waals surface area contributed by atoms with Crippen LogP contribution in [0.2, 0.25) is 0 Å². The van der Waals surface area contributed by atoms with Crippen molar-refractivity contribution in [2.45, 2.75) is 38.1 Å². The number of fused-ring (bicyclic) bond motifs is 1. The molecule has 0 atom stereocenters. The summed E-state index contributed by atoms with van der Waals surface area (Å²) in [5.41, 5.74) is 0.812. The molecule has 0 bridgehead atoms. The number of hydrogen-bond acceptors (Lipinski definition) is 8. The fraction of sp³-hybridized carbons (Fsp3) is 0.500. The maximum Gasteiger partial charge on any atom is 0.323 e. The summed E-state index contributed by atoms with van der Waals surface area (Å²) < 4.78 is 36.6. The lowest BCUT2D eigenvalue weighted by atomic mass is 10.1. The Balaban J connectivity index is 1.98. The molecule has 1 N–H and O–H groups in total. The Morgan fingerprint density at radius 1 is 1.14 bits per heavy atom. The predicted molar refractivity (Wildman–Crippen MR) is 137 cm³/mol. The number of rotatable bonds is 9. The molecule has 0 amide bonds. The van der Waals surface area contributed by atoms with Gasteiger partial charge in [0.1, 0.15) is 23.6 Å². The second-order valence-corrected chi connectivity index (χ2v) is 11.0. The van der Waals surface area contributed by atoms with Crippen molar-refractivity contribution in [1.29, 1.82) is 0 Å². The van der Waals surface area contributed by atoms with Crippen LogP contribution in [0.3, 0.4) is 0 Å². The number of benzene rings is 1. The number of carbonyl (C=O) groups is 1. The third-order valence-corrected chi connectivity index (χ3v) is 8.28. The summed E-state index contributed by atoms with van der Waals surface area (Å²) in [6.07, 6.45) is 1.34. The minimum atomic E-state index is -3.85. The highest BCUT2D eigenvalue weighted by molar-refractivity contribution is 7.89. The first kappa shape index (κ1) is 26.8. The number of aliphatic carboxylic acids is 1. The molecule has 200 valence electrons. The van der Waals surface area contributed by atoms with Crippen molar-refractivity contribution in [3.8, 4) is 17.1 Å². The molecule has 0 unspecified atom stereocenters. The van der Waals surface area contributed by atoms with E-state index in [1.807, 2.05) is 14.0 Å². The van der Waals surface area contributed by atoms with Gasteiger partial charge in [0.25, 0.3) is 5.56 Å². The summed E-state index contributed by atoms with van der Waals surface area (Å²) in [6.45, 7) is 5.30. The molecule has 12 nitrogen and oxygen atoms in total. The number of aryl methyl sites for hydroxylation is 2. The molecule has 3 aromatic rings. The van der Waals surface area contributed by atoms with Gasteiger partial charge in [0.05, 0.1) is 22.8 Å². The van der Waals surface area contributed by atoms with Gasteiger partial charge in [0.2, 0.25) is 10.0 Å². The molecule has 1 aliphatic rings. The summed E-state index contributed by atoms with van der Waals surface area (Å²) in [7, 11) is -0.292. The van der Waals surface area contributed by atoms with Crippen LogP contribution in [-0.4, -0.2) is 87.9 Å². The molecule has 0 saturated carbocycles. The van der Waals surface area contributed by atoms with Crippen molar-refractivity contribution in [2.24, 2.45) is 7.05 Å². The molecule has 2 aromatic heterocycles. The SMILES string of the molecule is CCCc1nn(C)c2c(=O)n(CC(=O)O)c(-c3cc(S(=O)(=O)N4CCN(C)CC4)ccc3OCC)nc12. The molecule has 1 saturated heterocycles. The number of carboxylic acid groups (broad SMARTS) is 1. The Morgan fingerprint density at radius 3 is 2.46 bits per heavy atom. The van der Waals surface area contributed by atoms with Crippen LogP contribution >= 0.6 is 0 Å². The average molecular weight is 533 g/mol. The lowest BCUT2D eigenvalue weighted by molar-refractivity contribution is -0.137. The monoisotopic (exact) mass is 532 g/mol. The van der Waals surface area contributed by atoms with E-state index in [1.165, 1.54) is 27.2 Å². The van der Waals surface area contributed by atoms with E-state index in [-0.39, 0.29) is 28.4 Å². The molecule has 1 aromatic carbocycles. The summed E-state index contributed by atoms with van der Waals surface area (Å²) in [5.74, 6) is -0.921. The van der Waals surface area contributed by atoms with E-state index in [2.05, 4.69) is 10.00 Å². The lowest BCUT2D eigenvalue weighted by Crippen LogP contribution is -2.47. The number of carboxylic acids is 1. The smallest absolute Gasteiger partial charge is 0.323 e. The van der Waals surface area contributed by atoms with Crippen LogP contribution in [0.25, 0.3) is 22.4 Å². The van der Waals surface area contributed by atoms with E-state index in [0.717, 1.165) is 11.0 Å². The van der Waals surface area contributed by atoms with Crippen molar-refractivity contribution in [3.05, 3.63) is 34.2 Å². The van der Waals surface area contributed by atoms with Crippen LogP contribution in [0.15, 0.2) is 27.9 Å². The molecule has 13 heteroatoms. The Kier molecular flexibility index (Phi) is 7.67. The number of aromatic nitrogens is 4. The third kappa shape index (κ3) is 5.11. The fourth-order valence-electron chi connectivity index (χ4n) is 4.51. The van der Waals surface area contributed by atoms with Crippen molar-refractivity contribution in [1.82, 2.24) is 28.5 Å². The normalized spacial score (nSPS) is 15.4. The van der Waals surface area contributed by atoms with Gasteiger partial charge in [-0.25, -0.2) is 13.4 Å². The van der Waals surface area contributed by atoms with Gasteiger partial charge in [-0.05, 0) is 38.6 Å². The third-order valence-electron chi connectivity index (χ3n) is 6.39. The van der Waals surface area contributed by atoms with Gasteiger partial charge in [-0.2, -0.15) is 9.40 Å². The van der Waals surface area contributed by atoms with Crippen LogP contribution in [0, 0.1) is 0 Å². The first-order valence-electron chi connectivity index (χ1n) is 12.2. The Hall–Kier alpha value is -3.29. The number of sulfonamides is 1. The van der Waals surface area contributed by atoms with Gasteiger partial charge in [0, 0.05) is 33.2 Å². The average Bonchev–Trinajstić information content (AvgIpc) is 3.16. The Bertz CT molecular complexity index is 1490. The number of ether oxygens (including phenoxy) is 1. The van der Waals surface area contributed by atoms with Crippen molar-refractivity contribution >= 4 is 27.0 Å². The van der Waals surface area contributed by atoms with Gasteiger partial charge in [-0.15, -0.1) is 0 Å². The number of piperazine rings is 1. The van der Waals surface area contributed by atoms with Crippen molar-refractivity contribution in [3.63, 3.8) is 0 Å². The molecule has 37 heavy (non-hydrogen) atoms. The van der Waals surface area contributed by atoms with E-state index < -0.39 is 28.1 Å². The summed E-state index contributed by atoms with van der Waals surface area (Å²) in [6, 6.07) is 4.41. The van der Waals surface area contributed by atoms with E-state index >= 15 is 0 Å². The highest BCUT2D eigenvalue weighted by atomic mass is 32.2. The Morgan fingerprint density at radius 2 is 1.84 bits per heavy atom. The minimum absolute atomic E-state index is 0.0177. The maximum atomic E-state index is 13.6. The molecular weight excluding hydrogens is 500 g/mol. The van der Waals surface area contributed by atoms with E-state index in [0.29, 0.717) is 49.6 Å². The molecule has 1 aliphatic heterocycles. The molecule has 1 fully saturated rings. The molecule has 3 heterocycles. The van der Waals surface area contributed by atoms with Gasteiger partial charge in [-0.3, -0.25) is 18.8 Å². The lowest BCUT2D eigenvalue weighted by Gasteiger charge is -2.31. The molecule has 4 rings (SSSR count). The zero-order valence-corrected chi connectivity index (χ0v) is 22.3. The van der Waals surface area contributed by atoms with Crippen LogP contribution in [0.1, 0.15) is 26.0 Å². The van der Waals surface area contributed by atoms with Crippen LogP contribution in [0.5, 0.6) is 5.75 Å². The summed E-state index contributed by atoms with van der Waals surface area (Å²) in [5, 5.41) is 14.0. The number of likely N-dealkylation sites (N-methyl/N-ethyl adjacent to an activating group) is 1. The van der Waals surface area contributed by atoms with Crippen molar-refractivity contribution < 1.29 is 23.1 Å². The first-order chi connectivity index (χ1) is 17.6. The topological polar surface area (TPSA) is 140 Å². The molecule has 0 aliphatic carbocycles. The standard InChI is InChI=1S/C24H32N6O6S/c1-5-7-18-21-22(28(4)26-18)24(33)30(15-20(31)32)23(25-21)17-14-16(8-9-19(17)36-6-2)37(34,35)29-12-10-27(3)11-13-29/h8-9,14H,5-7,10-13,15H2,1-4H3,(H,31,32). The van der Waals surface area contributed by atoms with E-state index in [1.54, 1.807) is 14.0 Å². The fourth-order valence-corrected chi connectivity index (χ4v) is 5.96. The Labute approximate surface area is 215 Å². The number of hydrogen-bond donors (Lipinski definition) is 1. The van der Waals surface area contributed by atoms with Gasteiger partial charge >= 0.3 is 5.97 Å². The van der Waals surface area contributed by atoms with Crippen LogP contribution in [-0.2, 0) is 34.8 Å². The van der Waals surface area contributed by atoms with E-state index in [4.69, 9.17) is 9.72 Å². The second-order valence-electron chi connectivity index (χ2n) is 9.04. The highest BCUT2D eigenvalue weighted by Gasteiger charge is 2.30. The first-order valence-corrected chi connectivity index (χ1v) is 13.7. The molecule has 0 spiro atoms. The van der Waals surface area contributed by atoms with Gasteiger partial charge in [-0.1, -0.05) is 13.3 Å². The maximum absolute atomic E-state index is 13.6. The van der Waals surface area contributed by atoms with Crippen molar-refractivity contribution in [2.75, 3.05) is 39.8 Å². The predicted octanol–water partition coefficient (Wildman–Crippen LogP) is 1.17. The van der Waals surface area contributed by atoms with Gasteiger partial charge < -0.3 is 14.7 Å². The molecule has 0 radical (unpaired) electrons. The van der Waals surface area contributed by atoms with Gasteiger partial charge in [0.15, 0.2) is 5.52 Å². The summed E-state index contributed by atoms with van der Waals surface area (Å²) in [4.78, 5) is 32.1. The highest BCUT2D eigenvalue weighted by Crippen LogP contribution is 2.33. The quantitative estimate of drug-likeness (QED) is 0.430. The summed E-state index contributed by atoms with van der Waals surface area (Å²) >= 11 is 0. The zero-order chi connectivity index (χ0) is 26.9. The van der Waals surface area contributed by atoms with Crippen LogP contribution in [0.4, 0.5) is 0 Å².